The van der Waals surface area contributed by atoms with E-state index in [1.54, 1.807) is 0 Å². The summed E-state index contributed by atoms with van der Waals surface area (Å²) in [5.74, 6) is 0.757. The summed E-state index contributed by atoms with van der Waals surface area (Å²) in [6.07, 6.45) is 5.05. The Morgan fingerprint density at radius 3 is 2.26 bits per heavy atom. The maximum Gasteiger partial charge on any atom is 0.235 e. The van der Waals surface area contributed by atoms with Crippen molar-refractivity contribution in [3.05, 3.63) is 0 Å². The van der Waals surface area contributed by atoms with Gasteiger partial charge in [0.2, 0.25) is 5.91 Å². The van der Waals surface area contributed by atoms with Crippen molar-refractivity contribution in [2.45, 2.75) is 52.9 Å². The average molecular weight is 282 g/mol. The van der Waals surface area contributed by atoms with Crippen molar-refractivity contribution in [2.75, 3.05) is 13.1 Å². The largest absolute Gasteiger partial charge is 0.392 e. The van der Waals surface area contributed by atoms with Gasteiger partial charge in [-0.05, 0) is 37.0 Å². The zero-order chi connectivity index (χ0) is 14.3. The zero-order valence-corrected chi connectivity index (χ0v) is 13.2. The van der Waals surface area contributed by atoms with Crippen molar-refractivity contribution in [3.8, 4) is 0 Å². The van der Waals surface area contributed by atoms with Gasteiger partial charge in [0.25, 0.3) is 0 Å². The minimum atomic E-state index is -0.519. The summed E-state index contributed by atoms with van der Waals surface area (Å²) in [7, 11) is 0. The summed E-state index contributed by atoms with van der Waals surface area (Å²) >= 11 is 5.18. The lowest BCUT2D eigenvalue weighted by atomic mass is 9.61. The minimum absolute atomic E-state index is 0.191. The molecular weight excluding hydrogens is 256 g/mol. The van der Waals surface area contributed by atoms with Crippen molar-refractivity contribution in [1.29, 1.82) is 0 Å². The second-order valence-corrected chi connectivity index (χ2v) is 7.36. The van der Waals surface area contributed by atoms with Crippen molar-refractivity contribution in [2.24, 2.45) is 22.5 Å². The normalized spacial score (nSPS) is 33.6. The van der Waals surface area contributed by atoms with Crippen LogP contribution >= 0.6 is 12.2 Å². The standard InChI is InChI=1S/C15H26N2OS/c1-4-14(3)5-7-17(8-6-14)13(18)15(12(16)19)9-11(2)10-15/h11H,4-10H2,1-3H3,(H2,16,19). The number of hydrogen-bond donors (Lipinski definition) is 1. The van der Waals surface area contributed by atoms with Crippen LogP contribution in [0.5, 0.6) is 0 Å². The highest BCUT2D eigenvalue weighted by Gasteiger charge is 2.52. The number of rotatable bonds is 3. The summed E-state index contributed by atoms with van der Waals surface area (Å²) in [5.41, 5.74) is 5.75. The number of thiocarbonyl (C=S) groups is 1. The molecule has 1 saturated carbocycles. The Morgan fingerprint density at radius 1 is 1.37 bits per heavy atom. The van der Waals surface area contributed by atoms with Crippen LogP contribution in [0.3, 0.4) is 0 Å². The van der Waals surface area contributed by atoms with Crippen molar-refractivity contribution in [1.82, 2.24) is 4.90 Å². The van der Waals surface area contributed by atoms with Gasteiger partial charge in [-0.3, -0.25) is 4.79 Å². The van der Waals surface area contributed by atoms with Crippen LogP contribution in [0.15, 0.2) is 0 Å². The van der Waals surface area contributed by atoms with E-state index < -0.39 is 5.41 Å². The second-order valence-electron chi connectivity index (χ2n) is 6.92. The molecule has 0 aromatic rings. The molecule has 0 bridgehead atoms. The lowest BCUT2D eigenvalue weighted by molar-refractivity contribution is -0.146. The first-order valence-electron chi connectivity index (χ1n) is 7.42. The molecule has 1 heterocycles. The SMILES string of the molecule is CCC1(C)CCN(C(=O)C2(C(N)=S)CC(C)C2)CC1. The van der Waals surface area contributed by atoms with Gasteiger partial charge in [-0.15, -0.1) is 0 Å². The maximum absolute atomic E-state index is 12.7. The predicted molar refractivity (Wildman–Crippen MR) is 81.8 cm³/mol. The van der Waals surface area contributed by atoms with Crippen LogP contribution in [-0.2, 0) is 4.79 Å². The van der Waals surface area contributed by atoms with E-state index in [1.807, 2.05) is 4.90 Å². The molecule has 2 N–H and O–H groups in total. The third kappa shape index (κ3) is 2.51. The molecular formula is C15H26N2OS. The Balaban J connectivity index is 2.03. The van der Waals surface area contributed by atoms with Crippen LogP contribution in [0, 0.1) is 16.7 Å². The summed E-state index contributed by atoms with van der Waals surface area (Å²) in [4.78, 5) is 15.2. The molecule has 2 aliphatic rings. The molecule has 2 fully saturated rings. The highest BCUT2D eigenvalue weighted by molar-refractivity contribution is 7.80. The van der Waals surface area contributed by atoms with E-state index in [2.05, 4.69) is 20.8 Å². The van der Waals surface area contributed by atoms with E-state index in [4.69, 9.17) is 18.0 Å². The van der Waals surface area contributed by atoms with Crippen LogP contribution in [0.4, 0.5) is 0 Å². The van der Waals surface area contributed by atoms with Gasteiger partial charge in [0.05, 0.1) is 10.4 Å². The molecule has 0 aromatic heterocycles. The minimum Gasteiger partial charge on any atom is -0.392 e. The third-order valence-electron chi connectivity index (χ3n) is 5.39. The molecule has 0 spiro atoms. The molecule has 19 heavy (non-hydrogen) atoms. The van der Waals surface area contributed by atoms with Crippen LogP contribution in [0.2, 0.25) is 0 Å². The Kier molecular flexibility index (Phi) is 3.92. The summed E-state index contributed by atoms with van der Waals surface area (Å²) in [5, 5.41) is 0. The molecule has 0 aromatic carbocycles. The van der Waals surface area contributed by atoms with Crippen molar-refractivity contribution >= 4 is 23.1 Å². The first-order chi connectivity index (χ1) is 8.83. The Labute approximate surface area is 121 Å². The smallest absolute Gasteiger partial charge is 0.235 e. The van der Waals surface area contributed by atoms with Crippen LogP contribution in [-0.4, -0.2) is 28.9 Å². The second kappa shape index (κ2) is 5.04. The topological polar surface area (TPSA) is 46.3 Å². The van der Waals surface area contributed by atoms with Gasteiger partial charge in [-0.1, -0.05) is 39.4 Å². The van der Waals surface area contributed by atoms with E-state index in [9.17, 15) is 4.79 Å². The average Bonchev–Trinajstić information content (AvgIpc) is 2.34. The van der Waals surface area contributed by atoms with Gasteiger partial charge in [0, 0.05) is 13.1 Å². The van der Waals surface area contributed by atoms with Crippen LogP contribution in [0.25, 0.3) is 0 Å². The molecule has 3 nitrogen and oxygen atoms in total. The van der Waals surface area contributed by atoms with Gasteiger partial charge < -0.3 is 10.6 Å². The van der Waals surface area contributed by atoms with E-state index in [1.165, 1.54) is 6.42 Å². The molecule has 0 radical (unpaired) electrons. The van der Waals surface area contributed by atoms with Crippen LogP contribution < -0.4 is 5.73 Å². The molecule has 4 heteroatoms. The lowest BCUT2D eigenvalue weighted by Gasteiger charge is -2.49. The number of nitrogens with zero attached hydrogens (tertiary/aromatic N) is 1. The summed E-state index contributed by atoms with van der Waals surface area (Å²) < 4.78 is 0. The fourth-order valence-corrected chi connectivity index (χ4v) is 3.77. The Bertz CT molecular complexity index is 380. The first-order valence-corrected chi connectivity index (χ1v) is 7.83. The lowest BCUT2D eigenvalue weighted by Crippen LogP contribution is -2.58. The summed E-state index contributed by atoms with van der Waals surface area (Å²) in [6.45, 7) is 8.45. The van der Waals surface area contributed by atoms with E-state index in [-0.39, 0.29) is 5.91 Å². The van der Waals surface area contributed by atoms with E-state index in [0.29, 0.717) is 16.3 Å². The third-order valence-corrected chi connectivity index (χ3v) is 5.78. The molecule has 1 aliphatic carbocycles. The number of hydrogen-bond acceptors (Lipinski definition) is 2. The predicted octanol–water partition coefficient (Wildman–Crippen LogP) is 2.73. The molecule has 108 valence electrons. The van der Waals surface area contributed by atoms with Crippen molar-refractivity contribution in [3.63, 3.8) is 0 Å². The molecule has 1 amide bonds. The highest BCUT2D eigenvalue weighted by atomic mass is 32.1. The van der Waals surface area contributed by atoms with Gasteiger partial charge in [-0.25, -0.2) is 0 Å². The zero-order valence-electron chi connectivity index (χ0n) is 12.4. The summed E-state index contributed by atoms with van der Waals surface area (Å²) in [6, 6.07) is 0. The highest BCUT2D eigenvalue weighted by Crippen LogP contribution is 2.48. The molecule has 1 aliphatic heterocycles. The number of carbonyl (C=O) groups excluding carboxylic acids is 1. The number of nitrogens with two attached hydrogens (primary N) is 1. The quantitative estimate of drug-likeness (QED) is 0.810. The van der Waals surface area contributed by atoms with Gasteiger partial charge in [-0.2, -0.15) is 0 Å². The molecule has 1 saturated heterocycles. The van der Waals surface area contributed by atoms with Gasteiger partial charge >= 0.3 is 0 Å². The van der Waals surface area contributed by atoms with E-state index >= 15 is 0 Å². The Morgan fingerprint density at radius 2 is 1.89 bits per heavy atom. The monoisotopic (exact) mass is 282 g/mol. The number of amides is 1. The van der Waals surface area contributed by atoms with Crippen LogP contribution in [0.1, 0.15) is 52.9 Å². The number of likely N-dealkylation sites (tertiary alicyclic amines) is 1. The van der Waals surface area contributed by atoms with Gasteiger partial charge in [0.1, 0.15) is 0 Å². The molecule has 0 atom stereocenters. The number of piperidine rings is 1. The number of carbonyl (C=O) groups is 1. The fraction of sp³-hybridized carbons (Fsp3) is 0.867. The maximum atomic E-state index is 12.7. The van der Waals surface area contributed by atoms with Gasteiger partial charge in [0.15, 0.2) is 0 Å². The van der Waals surface area contributed by atoms with E-state index in [0.717, 1.165) is 38.8 Å². The fourth-order valence-electron chi connectivity index (χ4n) is 3.52. The molecule has 0 unspecified atom stereocenters. The Hall–Kier alpha value is -0.640. The first kappa shape index (κ1) is 14.8. The molecule has 2 rings (SSSR count). The van der Waals surface area contributed by atoms with Crippen molar-refractivity contribution < 1.29 is 4.79 Å².